The van der Waals surface area contributed by atoms with Gasteiger partial charge in [0.1, 0.15) is 67.1 Å². The Morgan fingerprint density at radius 2 is 1.14 bits per heavy atom. The molecule has 0 aromatic heterocycles. The second kappa shape index (κ2) is 17.3. The maximum Gasteiger partial charge on any atom is 0.187 e. The first-order valence-corrected chi connectivity index (χ1v) is 24.1. The van der Waals surface area contributed by atoms with Crippen LogP contribution in [0.15, 0.2) is 0 Å². The summed E-state index contributed by atoms with van der Waals surface area (Å²) in [5, 5.41) is 118. The van der Waals surface area contributed by atoms with E-state index in [1.807, 2.05) is 13.8 Å². The Bertz CT molecular complexity index is 1650. The molecule has 370 valence electrons. The number of ether oxygens (including phenoxy) is 6. The standard InChI is InChI=1S/C47H80O17/c1-42(2)26-12-16-46(7)27(44(26,5)15-13-29(42)62-39-35(56)31(52)23(51)20-59-39)9-10-28-45(6)14-11-21(30(45)22(50)17-47(28,46)8)43(3,4)64-41-37(58)34(55)38(25(19-49)61-41)63-40-36(57)33(54)32(53)24(18-48)60-40/h21-41,48-58H,9-20H2,1-8H3/t21-,22?,23+,24-,25-,26-,27-,28-,29?,30-,31+,32-,33+,34-,35-,36-,37-,38-,39-,40+,41+,44+,45-,46-,47-/m1/s1. The van der Waals surface area contributed by atoms with Crippen molar-refractivity contribution >= 4 is 0 Å². The van der Waals surface area contributed by atoms with Crippen LogP contribution in [-0.4, -0.2) is 180 Å². The average Bonchev–Trinajstić information content (AvgIpc) is 3.61. The summed E-state index contributed by atoms with van der Waals surface area (Å²) in [4.78, 5) is 0. The molecule has 25 atom stereocenters. The molecule has 11 N–H and O–H groups in total. The Kier molecular flexibility index (Phi) is 13.5. The number of aliphatic hydroxyl groups excluding tert-OH is 11. The third kappa shape index (κ3) is 7.51. The minimum absolute atomic E-state index is 0.000456. The van der Waals surface area contributed by atoms with Crippen molar-refractivity contribution in [2.45, 2.75) is 217 Å². The van der Waals surface area contributed by atoms with Crippen molar-refractivity contribution < 1.29 is 84.6 Å². The lowest BCUT2D eigenvalue weighted by Gasteiger charge is -2.74. The van der Waals surface area contributed by atoms with E-state index in [9.17, 15) is 56.2 Å². The number of aliphatic hydroxyl groups is 11. The molecule has 3 aliphatic heterocycles. The Morgan fingerprint density at radius 3 is 1.80 bits per heavy atom. The van der Waals surface area contributed by atoms with Gasteiger partial charge in [-0.1, -0.05) is 41.5 Å². The summed E-state index contributed by atoms with van der Waals surface area (Å²) >= 11 is 0. The van der Waals surface area contributed by atoms with Crippen molar-refractivity contribution in [3.63, 3.8) is 0 Å². The number of hydrogen-bond donors (Lipinski definition) is 11. The fourth-order valence-electron chi connectivity index (χ4n) is 16.4. The van der Waals surface area contributed by atoms with E-state index in [4.69, 9.17) is 28.4 Å². The van der Waals surface area contributed by atoms with Crippen LogP contribution in [0.3, 0.4) is 0 Å². The summed E-state index contributed by atoms with van der Waals surface area (Å²) in [6.45, 7) is 16.7. The minimum atomic E-state index is -1.77. The van der Waals surface area contributed by atoms with E-state index < -0.39 is 111 Å². The normalized spacial score (nSPS) is 56.4. The Morgan fingerprint density at radius 1 is 0.547 bits per heavy atom. The van der Waals surface area contributed by atoms with E-state index in [0.717, 1.165) is 51.4 Å². The molecule has 0 aromatic carbocycles. The highest BCUT2D eigenvalue weighted by Crippen LogP contribution is 2.78. The third-order valence-electron chi connectivity index (χ3n) is 19.9. The lowest BCUT2D eigenvalue weighted by Crippen LogP contribution is -2.69. The molecule has 64 heavy (non-hydrogen) atoms. The van der Waals surface area contributed by atoms with Crippen LogP contribution in [-0.2, 0) is 28.4 Å². The van der Waals surface area contributed by atoms with Gasteiger partial charge in [-0.25, -0.2) is 0 Å². The Balaban J connectivity index is 0.963. The quantitative estimate of drug-likeness (QED) is 0.139. The zero-order valence-corrected chi connectivity index (χ0v) is 39.0. The molecule has 0 aromatic rings. The van der Waals surface area contributed by atoms with Gasteiger partial charge in [0.15, 0.2) is 18.9 Å². The van der Waals surface area contributed by atoms with Gasteiger partial charge in [0.05, 0.1) is 37.6 Å². The fourth-order valence-corrected chi connectivity index (χ4v) is 16.4. The highest BCUT2D eigenvalue weighted by atomic mass is 16.7. The highest BCUT2D eigenvalue weighted by Gasteiger charge is 2.73. The first-order chi connectivity index (χ1) is 29.8. The SMILES string of the molecule is CC(C)(O[C@@H]1O[C@H](CO)[C@@H](O[C@@H]2O[C@H](CO)[C@@H](O)[C@H](O)[C@H]2O)[C@H](O)[C@H]1O)[C@@H]1CC[C@]2(C)[C@H]3CC[C@@H]4[C@@]5(C)CCC(O[C@H]6OC[C@H](O)[C@H](O)[C@H]6O)C(C)(C)[C@H]5CC[C@@]4(C)[C@]3(C)CC(O)[C@@H]12. The molecule has 5 aliphatic carbocycles. The molecular formula is C47H80O17. The van der Waals surface area contributed by atoms with E-state index in [2.05, 4.69) is 41.5 Å². The molecule has 3 heterocycles. The third-order valence-corrected chi connectivity index (χ3v) is 19.9. The maximum atomic E-state index is 12.6. The van der Waals surface area contributed by atoms with Crippen molar-refractivity contribution in [2.75, 3.05) is 19.8 Å². The smallest absolute Gasteiger partial charge is 0.187 e. The first kappa shape index (κ1) is 49.7. The lowest BCUT2D eigenvalue weighted by atomic mass is 9.31. The monoisotopic (exact) mass is 917 g/mol. The summed E-state index contributed by atoms with van der Waals surface area (Å²) in [6, 6.07) is 0. The second-order valence-electron chi connectivity index (χ2n) is 23.5. The molecule has 2 unspecified atom stereocenters. The van der Waals surface area contributed by atoms with Crippen LogP contribution in [0.4, 0.5) is 0 Å². The predicted molar refractivity (Wildman–Crippen MR) is 225 cm³/mol. The number of hydrogen-bond acceptors (Lipinski definition) is 17. The van der Waals surface area contributed by atoms with Crippen LogP contribution in [0.2, 0.25) is 0 Å². The van der Waals surface area contributed by atoms with Crippen LogP contribution in [0, 0.1) is 56.7 Å². The number of fused-ring (bicyclic) bond motifs is 7. The molecule has 8 aliphatic rings. The van der Waals surface area contributed by atoms with Crippen LogP contribution in [0.25, 0.3) is 0 Å². The van der Waals surface area contributed by atoms with Gasteiger partial charge in [0.25, 0.3) is 0 Å². The highest BCUT2D eigenvalue weighted by molar-refractivity contribution is 5.21. The lowest BCUT2D eigenvalue weighted by molar-refractivity contribution is -0.370. The van der Waals surface area contributed by atoms with E-state index in [0.29, 0.717) is 24.2 Å². The van der Waals surface area contributed by atoms with E-state index in [1.165, 1.54) is 0 Å². The molecule has 0 spiro atoms. The van der Waals surface area contributed by atoms with Gasteiger partial charge in [0, 0.05) is 0 Å². The molecule has 0 amide bonds. The van der Waals surface area contributed by atoms with Crippen LogP contribution in [0.5, 0.6) is 0 Å². The van der Waals surface area contributed by atoms with Gasteiger partial charge in [-0.05, 0) is 128 Å². The summed E-state index contributed by atoms with van der Waals surface area (Å²) in [7, 11) is 0. The summed E-state index contributed by atoms with van der Waals surface area (Å²) in [5.74, 6) is 0.786. The largest absolute Gasteiger partial charge is 0.394 e. The molecular weight excluding hydrogens is 836 g/mol. The van der Waals surface area contributed by atoms with Gasteiger partial charge in [-0.2, -0.15) is 0 Å². The van der Waals surface area contributed by atoms with Crippen molar-refractivity contribution in [1.29, 1.82) is 0 Å². The van der Waals surface area contributed by atoms with Gasteiger partial charge < -0.3 is 84.6 Å². The van der Waals surface area contributed by atoms with Gasteiger partial charge >= 0.3 is 0 Å². The van der Waals surface area contributed by atoms with Crippen molar-refractivity contribution in [1.82, 2.24) is 0 Å². The second-order valence-corrected chi connectivity index (χ2v) is 23.5. The molecule has 0 bridgehead atoms. The summed E-state index contributed by atoms with van der Waals surface area (Å²) in [6.07, 6.45) is -13.1. The predicted octanol–water partition coefficient (Wildman–Crippen LogP) is 0.302. The van der Waals surface area contributed by atoms with Crippen molar-refractivity contribution in [3.05, 3.63) is 0 Å². The van der Waals surface area contributed by atoms with Crippen LogP contribution in [0.1, 0.15) is 113 Å². The summed E-state index contributed by atoms with van der Waals surface area (Å²) in [5.41, 5.74) is -1.68. The zero-order chi connectivity index (χ0) is 46.9. The molecule has 5 saturated carbocycles. The summed E-state index contributed by atoms with van der Waals surface area (Å²) < 4.78 is 36.1. The molecule has 8 rings (SSSR count). The molecule has 17 heteroatoms. The molecule has 8 fully saturated rings. The van der Waals surface area contributed by atoms with Crippen molar-refractivity contribution in [3.8, 4) is 0 Å². The molecule has 17 nitrogen and oxygen atoms in total. The Labute approximate surface area is 377 Å². The van der Waals surface area contributed by atoms with Crippen molar-refractivity contribution in [2.24, 2.45) is 56.7 Å². The van der Waals surface area contributed by atoms with Crippen LogP contribution >= 0.6 is 0 Å². The zero-order valence-electron chi connectivity index (χ0n) is 39.0. The Hall–Kier alpha value is -0.680. The van der Waals surface area contributed by atoms with E-state index in [1.54, 1.807) is 0 Å². The van der Waals surface area contributed by atoms with Gasteiger partial charge in [-0.3, -0.25) is 0 Å². The fraction of sp³-hybridized carbons (Fsp3) is 1.00. The van der Waals surface area contributed by atoms with E-state index in [-0.39, 0.29) is 51.6 Å². The number of rotatable bonds is 9. The minimum Gasteiger partial charge on any atom is -0.394 e. The molecule has 0 radical (unpaired) electrons. The first-order valence-electron chi connectivity index (χ1n) is 24.1. The van der Waals surface area contributed by atoms with Gasteiger partial charge in [-0.15, -0.1) is 0 Å². The molecule has 3 saturated heterocycles. The average molecular weight is 917 g/mol. The van der Waals surface area contributed by atoms with Crippen LogP contribution < -0.4 is 0 Å². The maximum absolute atomic E-state index is 12.6. The topological polar surface area (TPSA) is 278 Å². The van der Waals surface area contributed by atoms with E-state index >= 15 is 0 Å². The van der Waals surface area contributed by atoms with Gasteiger partial charge in [0.2, 0.25) is 0 Å².